The average Bonchev–Trinajstić information content (AvgIpc) is 2.26. The summed E-state index contributed by atoms with van der Waals surface area (Å²) in [6.07, 6.45) is 1.87. The third kappa shape index (κ3) is 3.28. The molecule has 0 aliphatic rings. The summed E-state index contributed by atoms with van der Waals surface area (Å²) in [5, 5.41) is 0. The van der Waals surface area contributed by atoms with Gasteiger partial charge in [0.2, 0.25) is 5.95 Å². The van der Waals surface area contributed by atoms with Crippen LogP contribution in [0, 0.1) is 5.95 Å². The summed E-state index contributed by atoms with van der Waals surface area (Å²) in [5.74, 6) is -0.940. The number of carbonyl (C=O) groups excluding carboxylic acids is 1. The molecule has 1 heterocycles. The van der Waals surface area contributed by atoms with Gasteiger partial charge < -0.3 is 10.5 Å². The number of hydrogen-bond donors (Lipinski definition) is 1. The largest absolute Gasteiger partial charge is 0.469 e. The molecule has 0 aliphatic carbocycles. The van der Waals surface area contributed by atoms with Gasteiger partial charge in [0.05, 0.1) is 7.11 Å². The number of nitrogens with zero attached hydrogens (tertiary/aromatic N) is 1. The first-order valence-corrected chi connectivity index (χ1v) is 4.58. The van der Waals surface area contributed by atoms with Crippen LogP contribution in [0.25, 0.3) is 0 Å². The van der Waals surface area contributed by atoms with Crippen LogP contribution in [0.1, 0.15) is 24.4 Å². The van der Waals surface area contributed by atoms with E-state index >= 15 is 0 Å². The number of pyridine rings is 1. The molecule has 0 saturated carbocycles. The Bertz CT molecular complexity index is 344. The number of carbonyl (C=O) groups is 1. The maximum atomic E-state index is 13.1. The molecule has 4 nitrogen and oxygen atoms in total. The summed E-state index contributed by atoms with van der Waals surface area (Å²) in [4.78, 5) is 14.3. The molecule has 15 heavy (non-hydrogen) atoms. The number of halogens is 1. The molecule has 0 saturated heterocycles. The van der Waals surface area contributed by atoms with E-state index < -0.39 is 12.0 Å². The molecule has 0 unspecified atom stereocenters. The predicted molar refractivity (Wildman–Crippen MR) is 52.4 cm³/mol. The first-order chi connectivity index (χ1) is 7.15. The van der Waals surface area contributed by atoms with E-state index in [0.29, 0.717) is 12.0 Å². The topological polar surface area (TPSA) is 65.2 Å². The molecule has 1 aromatic rings. The zero-order chi connectivity index (χ0) is 11.3. The fraction of sp³-hybridized carbons (Fsp3) is 0.400. The van der Waals surface area contributed by atoms with E-state index in [9.17, 15) is 9.18 Å². The van der Waals surface area contributed by atoms with E-state index in [1.807, 2.05) is 0 Å². The number of ether oxygens (including phenoxy) is 1. The van der Waals surface area contributed by atoms with E-state index in [2.05, 4.69) is 9.72 Å². The van der Waals surface area contributed by atoms with Crippen LogP contribution < -0.4 is 5.73 Å². The van der Waals surface area contributed by atoms with Gasteiger partial charge in [0.15, 0.2) is 0 Å². The van der Waals surface area contributed by atoms with Gasteiger partial charge in [-0.3, -0.25) is 4.79 Å². The molecule has 0 amide bonds. The lowest BCUT2D eigenvalue weighted by Crippen LogP contribution is -2.15. The van der Waals surface area contributed by atoms with Crippen molar-refractivity contribution in [1.82, 2.24) is 4.98 Å². The number of rotatable bonds is 4. The van der Waals surface area contributed by atoms with Crippen LogP contribution in [-0.2, 0) is 9.53 Å². The zero-order valence-corrected chi connectivity index (χ0v) is 8.44. The number of aromatic nitrogens is 1. The summed E-state index contributed by atoms with van der Waals surface area (Å²) in [5.41, 5.74) is 6.03. The highest BCUT2D eigenvalue weighted by atomic mass is 19.1. The molecular weight excluding hydrogens is 199 g/mol. The fourth-order valence-corrected chi connectivity index (χ4v) is 1.21. The number of nitrogens with two attached hydrogens (primary N) is 1. The fourth-order valence-electron chi connectivity index (χ4n) is 1.21. The van der Waals surface area contributed by atoms with Gasteiger partial charge >= 0.3 is 5.97 Å². The van der Waals surface area contributed by atoms with Gasteiger partial charge in [-0.25, -0.2) is 4.98 Å². The molecular formula is C10H13FN2O2. The summed E-state index contributed by atoms with van der Waals surface area (Å²) < 4.78 is 17.6. The van der Waals surface area contributed by atoms with Crippen LogP contribution in [0.3, 0.4) is 0 Å². The maximum Gasteiger partial charge on any atom is 0.305 e. The lowest BCUT2D eigenvalue weighted by Gasteiger charge is -2.10. The van der Waals surface area contributed by atoms with E-state index in [1.165, 1.54) is 13.3 Å². The van der Waals surface area contributed by atoms with Gasteiger partial charge in [0.25, 0.3) is 0 Å². The normalized spacial score (nSPS) is 12.2. The van der Waals surface area contributed by atoms with E-state index in [0.717, 1.165) is 0 Å². The minimum atomic E-state index is -0.588. The van der Waals surface area contributed by atoms with Crippen molar-refractivity contribution in [2.45, 2.75) is 18.9 Å². The van der Waals surface area contributed by atoms with E-state index in [-0.39, 0.29) is 12.4 Å². The highest BCUT2D eigenvalue weighted by Crippen LogP contribution is 2.17. The predicted octanol–water partition coefficient (Wildman–Crippen LogP) is 1.17. The summed E-state index contributed by atoms with van der Waals surface area (Å²) in [6, 6.07) is 2.64. The zero-order valence-electron chi connectivity index (χ0n) is 8.44. The van der Waals surface area contributed by atoms with Crippen LogP contribution in [-0.4, -0.2) is 18.1 Å². The standard InChI is InChI=1S/C10H13FN2O2/c1-15-9(14)5-4-8(12)7-3-2-6-13-10(7)11/h2-3,6,8H,4-5,12H2,1H3/t8-/m1/s1. The van der Waals surface area contributed by atoms with E-state index in [4.69, 9.17) is 5.73 Å². The number of hydrogen-bond acceptors (Lipinski definition) is 4. The summed E-state index contributed by atoms with van der Waals surface area (Å²) in [6.45, 7) is 0. The number of esters is 1. The molecule has 0 fully saturated rings. The minimum Gasteiger partial charge on any atom is -0.469 e. The third-order valence-electron chi connectivity index (χ3n) is 2.07. The minimum absolute atomic E-state index is 0.173. The van der Waals surface area contributed by atoms with Crippen molar-refractivity contribution in [3.05, 3.63) is 29.8 Å². The molecule has 1 atom stereocenters. The molecule has 2 N–H and O–H groups in total. The smallest absolute Gasteiger partial charge is 0.305 e. The van der Waals surface area contributed by atoms with Gasteiger partial charge in [-0.15, -0.1) is 0 Å². The van der Waals surface area contributed by atoms with Gasteiger partial charge in [0.1, 0.15) is 0 Å². The van der Waals surface area contributed by atoms with Crippen molar-refractivity contribution >= 4 is 5.97 Å². The lowest BCUT2D eigenvalue weighted by molar-refractivity contribution is -0.140. The molecule has 0 bridgehead atoms. The highest BCUT2D eigenvalue weighted by molar-refractivity contribution is 5.69. The molecule has 1 aromatic heterocycles. The van der Waals surface area contributed by atoms with Gasteiger partial charge in [-0.05, 0) is 12.5 Å². The van der Waals surface area contributed by atoms with Gasteiger partial charge in [-0.2, -0.15) is 4.39 Å². The number of methoxy groups -OCH3 is 1. The van der Waals surface area contributed by atoms with Crippen molar-refractivity contribution in [1.29, 1.82) is 0 Å². The molecule has 1 rings (SSSR count). The Labute approximate surface area is 87.3 Å². The Morgan fingerprint density at radius 3 is 3.07 bits per heavy atom. The second-order valence-electron chi connectivity index (χ2n) is 3.10. The molecule has 82 valence electrons. The summed E-state index contributed by atoms with van der Waals surface area (Å²) in [7, 11) is 1.30. The second kappa shape index (κ2) is 5.41. The molecule has 0 aliphatic heterocycles. The van der Waals surface area contributed by atoms with Crippen LogP contribution in [0.4, 0.5) is 4.39 Å². The monoisotopic (exact) mass is 212 g/mol. The van der Waals surface area contributed by atoms with Crippen molar-refractivity contribution in [3.8, 4) is 0 Å². The Morgan fingerprint density at radius 1 is 1.73 bits per heavy atom. The quantitative estimate of drug-likeness (QED) is 0.601. The van der Waals surface area contributed by atoms with E-state index in [1.54, 1.807) is 12.1 Å². The van der Waals surface area contributed by atoms with Crippen LogP contribution in [0.5, 0.6) is 0 Å². The van der Waals surface area contributed by atoms with Crippen molar-refractivity contribution in [3.63, 3.8) is 0 Å². The first-order valence-electron chi connectivity index (χ1n) is 4.58. The van der Waals surface area contributed by atoms with Crippen molar-refractivity contribution in [2.24, 2.45) is 5.73 Å². The lowest BCUT2D eigenvalue weighted by atomic mass is 10.0. The third-order valence-corrected chi connectivity index (χ3v) is 2.07. The Morgan fingerprint density at radius 2 is 2.47 bits per heavy atom. The Hall–Kier alpha value is -1.49. The maximum absolute atomic E-state index is 13.1. The van der Waals surface area contributed by atoms with Crippen molar-refractivity contribution in [2.75, 3.05) is 7.11 Å². The van der Waals surface area contributed by atoms with Crippen LogP contribution in [0.15, 0.2) is 18.3 Å². The Kier molecular flexibility index (Phi) is 4.17. The SMILES string of the molecule is COC(=O)CC[C@@H](N)c1cccnc1F. The molecule has 0 radical (unpaired) electrons. The van der Waals surface area contributed by atoms with Crippen LogP contribution in [0.2, 0.25) is 0 Å². The summed E-state index contributed by atoms with van der Waals surface area (Å²) >= 11 is 0. The van der Waals surface area contributed by atoms with Gasteiger partial charge in [0, 0.05) is 24.2 Å². The average molecular weight is 212 g/mol. The molecule has 0 aromatic carbocycles. The van der Waals surface area contributed by atoms with Crippen molar-refractivity contribution < 1.29 is 13.9 Å². The molecule has 5 heteroatoms. The first kappa shape index (κ1) is 11.6. The van der Waals surface area contributed by atoms with Gasteiger partial charge in [-0.1, -0.05) is 6.07 Å². The second-order valence-corrected chi connectivity index (χ2v) is 3.10. The van der Waals surface area contributed by atoms with Crippen LogP contribution >= 0.6 is 0 Å². The Balaban J connectivity index is 2.57. The molecule has 0 spiro atoms. The highest BCUT2D eigenvalue weighted by Gasteiger charge is 2.13.